The maximum absolute atomic E-state index is 6.29. The monoisotopic (exact) mass is 423 g/mol. The van der Waals surface area contributed by atoms with Crippen molar-refractivity contribution in [3.63, 3.8) is 0 Å². The first-order chi connectivity index (χ1) is 11.8. The number of halogens is 2. The van der Waals surface area contributed by atoms with Crippen LogP contribution in [-0.2, 0) is 6.42 Å². The fraction of sp³-hybridized carbons (Fsp3) is 0.429. The van der Waals surface area contributed by atoms with Crippen LogP contribution in [0.4, 0.5) is 0 Å². The lowest BCUT2D eigenvalue weighted by Gasteiger charge is -2.25. The fourth-order valence-corrected chi connectivity index (χ4v) is 3.50. The topological polar surface area (TPSA) is 21.3 Å². The predicted molar refractivity (Wildman–Crippen MR) is 111 cm³/mol. The van der Waals surface area contributed by atoms with Crippen LogP contribution < -0.4 is 10.1 Å². The van der Waals surface area contributed by atoms with Crippen molar-refractivity contribution >= 4 is 28.6 Å². The van der Waals surface area contributed by atoms with E-state index in [0.29, 0.717) is 0 Å². The first kappa shape index (κ1) is 20.3. The third kappa shape index (κ3) is 7.01. The molecule has 2 aromatic carbocycles. The van der Waals surface area contributed by atoms with Gasteiger partial charge < -0.3 is 10.1 Å². The molecule has 0 saturated carbocycles. The summed E-state index contributed by atoms with van der Waals surface area (Å²) >= 11 is 6.00. The van der Waals surface area contributed by atoms with Gasteiger partial charge in [0.25, 0.3) is 0 Å². The third-order valence-corrected chi connectivity index (χ3v) is 5.03. The maximum atomic E-state index is 6.29. The van der Waals surface area contributed by atoms with E-state index in [9.17, 15) is 0 Å². The molecule has 3 rings (SSSR count). The molecule has 0 aliphatic carbocycles. The molecule has 1 unspecified atom stereocenters. The van der Waals surface area contributed by atoms with Gasteiger partial charge in [-0.3, -0.25) is 0 Å². The Morgan fingerprint density at radius 3 is 2.36 bits per heavy atom. The highest BCUT2D eigenvalue weighted by atomic mass is 79.9. The van der Waals surface area contributed by atoms with Crippen molar-refractivity contribution in [2.45, 2.75) is 38.2 Å². The Kier molecular flexibility index (Phi) is 8.80. The minimum absolute atomic E-state index is 0. The summed E-state index contributed by atoms with van der Waals surface area (Å²) in [5.41, 5.74) is 1.28. The zero-order valence-electron chi connectivity index (χ0n) is 14.5. The number of hydrogen-bond donors (Lipinski definition) is 1. The second-order valence-electron chi connectivity index (χ2n) is 6.65. The molecule has 0 radical (unpaired) electrons. The Morgan fingerprint density at radius 2 is 1.68 bits per heavy atom. The van der Waals surface area contributed by atoms with Gasteiger partial charge in [-0.05, 0) is 74.5 Å². The summed E-state index contributed by atoms with van der Waals surface area (Å²) in [7, 11) is 0. The molecule has 1 saturated heterocycles. The first-order valence-electron chi connectivity index (χ1n) is 8.96. The number of para-hydroxylation sites is 1. The van der Waals surface area contributed by atoms with Gasteiger partial charge in [-0.25, -0.2) is 0 Å². The van der Waals surface area contributed by atoms with Crippen LogP contribution in [0.15, 0.2) is 54.6 Å². The van der Waals surface area contributed by atoms with Crippen molar-refractivity contribution in [3.05, 3.63) is 65.2 Å². The summed E-state index contributed by atoms with van der Waals surface area (Å²) in [6, 6.07) is 18.3. The van der Waals surface area contributed by atoms with Gasteiger partial charge in [0.1, 0.15) is 11.9 Å². The summed E-state index contributed by atoms with van der Waals surface area (Å²) < 4.78 is 6.29. The molecule has 0 amide bonds. The van der Waals surface area contributed by atoms with Gasteiger partial charge in [0.05, 0.1) is 0 Å². The summed E-state index contributed by atoms with van der Waals surface area (Å²) in [5, 5.41) is 4.23. The highest BCUT2D eigenvalue weighted by Gasteiger charge is 2.17. The summed E-state index contributed by atoms with van der Waals surface area (Å²) in [6.07, 6.45) is 6.06. The summed E-state index contributed by atoms with van der Waals surface area (Å²) in [6.45, 7) is 2.32. The predicted octanol–water partition coefficient (Wildman–Crippen LogP) is 5.69. The zero-order valence-corrected chi connectivity index (χ0v) is 17.0. The van der Waals surface area contributed by atoms with E-state index in [1.54, 1.807) is 0 Å². The van der Waals surface area contributed by atoms with E-state index in [1.165, 1.54) is 24.8 Å². The number of nitrogens with one attached hydrogen (secondary N) is 1. The standard InChI is InChI=1S/C21H26ClNO.BrH/c22-19-9-6-18(7-10-19)16-21(24-20-4-2-1-3-5-20)11-8-17-12-14-23-15-13-17;/h1-7,9-10,17,21,23H,8,11-16H2;1H. The molecule has 1 N–H and O–H groups in total. The van der Waals surface area contributed by atoms with Crippen LogP contribution in [-0.4, -0.2) is 19.2 Å². The summed E-state index contributed by atoms with van der Waals surface area (Å²) in [5.74, 6) is 1.79. The molecule has 1 atom stereocenters. The van der Waals surface area contributed by atoms with Crippen LogP contribution in [0.5, 0.6) is 5.75 Å². The van der Waals surface area contributed by atoms with Crippen LogP contribution in [0.1, 0.15) is 31.2 Å². The average molecular weight is 425 g/mol. The Labute approximate surface area is 166 Å². The smallest absolute Gasteiger partial charge is 0.119 e. The molecule has 4 heteroatoms. The quantitative estimate of drug-likeness (QED) is 0.616. The molecule has 1 aliphatic heterocycles. The number of hydrogen-bond acceptors (Lipinski definition) is 2. The number of rotatable bonds is 7. The highest BCUT2D eigenvalue weighted by Crippen LogP contribution is 2.23. The van der Waals surface area contributed by atoms with Crippen molar-refractivity contribution in [2.75, 3.05) is 13.1 Å². The molecule has 1 aliphatic rings. The van der Waals surface area contributed by atoms with E-state index in [2.05, 4.69) is 17.4 Å². The number of ether oxygens (including phenoxy) is 1. The molecule has 2 aromatic rings. The van der Waals surface area contributed by atoms with Crippen LogP contribution in [0, 0.1) is 5.92 Å². The van der Waals surface area contributed by atoms with Gasteiger partial charge in [-0.1, -0.05) is 41.9 Å². The second kappa shape index (κ2) is 10.8. The fourth-order valence-electron chi connectivity index (χ4n) is 3.37. The Bertz CT molecular complexity index is 599. The molecule has 1 heterocycles. The van der Waals surface area contributed by atoms with Gasteiger partial charge in [0, 0.05) is 11.4 Å². The minimum Gasteiger partial charge on any atom is -0.490 e. The molecule has 25 heavy (non-hydrogen) atoms. The van der Waals surface area contributed by atoms with Gasteiger partial charge in [0.2, 0.25) is 0 Å². The van der Waals surface area contributed by atoms with Crippen LogP contribution in [0.25, 0.3) is 0 Å². The van der Waals surface area contributed by atoms with Crippen LogP contribution >= 0.6 is 28.6 Å². The molecule has 136 valence electrons. The number of piperidine rings is 1. The van der Waals surface area contributed by atoms with Gasteiger partial charge in [-0.2, -0.15) is 0 Å². The lowest BCUT2D eigenvalue weighted by Crippen LogP contribution is -2.29. The highest BCUT2D eigenvalue weighted by molar-refractivity contribution is 8.93. The first-order valence-corrected chi connectivity index (χ1v) is 9.34. The molecule has 0 spiro atoms. The average Bonchev–Trinajstić information content (AvgIpc) is 2.63. The van der Waals surface area contributed by atoms with Crippen molar-refractivity contribution in [3.8, 4) is 5.75 Å². The van der Waals surface area contributed by atoms with E-state index in [1.807, 2.05) is 42.5 Å². The molecule has 1 fully saturated rings. The lowest BCUT2D eigenvalue weighted by molar-refractivity contribution is 0.174. The van der Waals surface area contributed by atoms with E-state index in [4.69, 9.17) is 16.3 Å². The zero-order chi connectivity index (χ0) is 16.6. The SMILES string of the molecule is Br.Clc1ccc(CC(CCC2CCNCC2)Oc2ccccc2)cc1. The molecule has 0 aromatic heterocycles. The van der Waals surface area contributed by atoms with E-state index >= 15 is 0 Å². The minimum atomic E-state index is 0. The molecular weight excluding hydrogens is 398 g/mol. The van der Waals surface area contributed by atoms with E-state index in [0.717, 1.165) is 42.6 Å². The lowest BCUT2D eigenvalue weighted by atomic mass is 9.91. The van der Waals surface area contributed by atoms with E-state index in [-0.39, 0.29) is 23.1 Å². The molecular formula is C21H27BrClNO. The Balaban J connectivity index is 0.00000225. The molecule has 2 nitrogen and oxygen atoms in total. The van der Waals surface area contributed by atoms with Crippen molar-refractivity contribution in [2.24, 2.45) is 5.92 Å². The normalized spacial score (nSPS) is 16.0. The second-order valence-corrected chi connectivity index (χ2v) is 7.09. The Hall–Kier alpha value is -1.03. The molecule has 0 bridgehead atoms. The van der Waals surface area contributed by atoms with Crippen LogP contribution in [0.3, 0.4) is 0 Å². The van der Waals surface area contributed by atoms with Crippen molar-refractivity contribution in [1.82, 2.24) is 5.32 Å². The van der Waals surface area contributed by atoms with Crippen molar-refractivity contribution < 1.29 is 4.74 Å². The largest absolute Gasteiger partial charge is 0.490 e. The summed E-state index contributed by atoms with van der Waals surface area (Å²) in [4.78, 5) is 0. The maximum Gasteiger partial charge on any atom is 0.119 e. The van der Waals surface area contributed by atoms with Crippen LogP contribution in [0.2, 0.25) is 5.02 Å². The van der Waals surface area contributed by atoms with E-state index < -0.39 is 0 Å². The Morgan fingerprint density at radius 1 is 1.00 bits per heavy atom. The van der Waals surface area contributed by atoms with Gasteiger partial charge in [0.15, 0.2) is 0 Å². The van der Waals surface area contributed by atoms with Gasteiger partial charge in [-0.15, -0.1) is 17.0 Å². The third-order valence-electron chi connectivity index (χ3n) is 4.78. The van der Waals surface area contributed by atoms with Crippen molar-refractivity contribution in [1.29, 1.82) is 0 Å². The number of benzene rings is 2. The van der Waals surface area contributed by atoms with Gasteiger partial charge >= 0.3 is 0 Å².